The quantitative estimate of drug-likeness (QED) is 0.178. The van der Waals surface area contributed by atoms with Gasteiger partial charge in [-0.3, -0.25) is 14.4 Å². The highest BCUT2D eigenvalue weighted by Gasteiger charge is 2.71. The Morgan fingerprint density at radius 2 is 1.56 bits per heavy atom. The number of Topliss-reactive ketones (excluding diaryl/α,β-unsaturated/α-hetero) is 1. The van der Waals surface area contributed by atoms with E-state index in [4.69, 9.17) is 4.74 Å². The average Bonchev–Trinajstić information content (AvgIpc) is 3.67. The van der Waals surface area contributed by atoms with Crippen molar-refractivity contribution >= 4 is 23.6 Å². The van der Waals surface area contributed by atoms with Crippen LogP contribution in [0.2, 0.25) is 0 Å². The number of carbonyl (C=O) groups is 4. The number of ketones is 1. The molecule has 52 heavy (non-hydrogen) atoms. The van der Waals surface area contributed by atoms with Gasteiger partial charge in [-0.15, -0.1) is 0 Å². The number of esters is 1. The molecule has 0 aromatic rings. The van der Waals surface area contributed by atoms with Gasteiger partial charge < -0.3 is 19.5 Å². The van der Waals surface area contributed by atoms with Crippen LogP contribution in [0.25, 0.3) is 0 Å². The highest BCUT2D eigenvalue weighted by atomic mass is 16.5. The van der Waals surface area contributed by atoms with Crippen molar-refractivity contribution in [3.8, 4) is 0 Å². The smallest absolute Gasteiger partial charge is 0.309 e. The minimum Gasteiger partial charge on any atom is -0.481 e. The molecule has 1 aliphatic heterocycles. The van der Waals surface area contributed by atoms with E-state index in [1.54, 1.807) is 20.8 Å². The fraction of sp³-hybridized carbons (Fsp3) is 0.867. The zero-order chi connectivity index (χ0) is 38.2. The van der Waals surface area contributed by atoms with Crippen molar-refractivity contribution in [2.24, 2.45) is 62.1 Å². The topological polar surface area (TPSA) is 101 Å². The lowest BCUT2D eigenvalue weighted by Gasteiger charge is -2.73. The summed E-state index contributed by atoms with van der Waals surface area (Å²) < 4.78 is 6.19. The van der Waals surface area contributed by atoms with Gasteiger partial charge in [0, 0.05) is 30.8 Å². The molecular weight excluding hydrogens is 650 g/mol. The van der Waals surface area contributed by atoms with E-state index in [9.17, 15) is 24.3 Å². The van der Waals surface area contributed by atoms with Crippen molar-refractivity contribution in [1.82, 2.24) is 4.90 Å². The van der Waals surface area contributed by atoms with Crippen LogP contribution in [0, 0.1) is 62.1 Å². The van der Waals surface area contributed by atoms with E-state index < -0.39 is 17.4 Å². The molecule has 11 atom stereocenters. The van der Waals surface area contributed by atoms with Crippen molar-refractivity contribution in [1.29, 1.82) is 0 Å². The largest absolute Gasteiger partial charge is 0.481 e. The molecule has 7 heteroatoms. The first-order chi connectivity index (χ1) is 24.1. The predicted molar refractivity (Wildman–Crippen MR) is 204 cm³/mol. The standard InChI is InChI=1S/C45H71NO6/c1-28(2)31-17-22-45(26-36(48)46-25-11-12-30(46)14-13-29(3)47)24-23-43(9)32(38(31)45)15-16-34-42(8)20-19-35(52-37(49)27-40(4,5)39(50)51)41(6,7)33(42)18-21-44(34,43)10/h30-35,38H,1,11-27H2,2-10H3,(H,50,51)/t30-,31-,32+,33-,34+,35-,38+,42-,43+,44+,45+/m0/s1. The monoisotopic (exact) mass is 722 g/mol. The molecule has 6 fully saturated rings. The van der Waals surface area contributed by atoms with Gasteiger partial charge in [-0.2, -0.15) is 0 Å². The lowest BCUT2D eigenvalue weighted by molar-refractivity contribution is -0.250. The van der Waals surface area contributed by atoms with Crippen LogP contribution < -0.4 is 0 Å². The summed E-state index contributed by atoms with van der Waals surface area (Å²) in [4.78, 5) is 53.2. The van der Waals surface area contributed by atoms with Crippen LogP contribution in [-0.4, -0.2) is 52.3 Å². The van der Waals surface area contributed by atoms with Crippen LogP contribution in [0.5, 0.6) is 0 Å². The van der Waals surface area contributed by atoms with Crippen LogP contribution in [0.4, 0.5) is 0 Å². The van der Waals surface area contributed by atoms with Gasteiger partial charge in [0.05, 0.1) is 11.8 Å². The van der Waals surface area contributed by atoms with Crippen LogP contribution in [0.3, 0.4) is 0 Å². The highest BCUT2D eigenvalue weighted by molar-refractivity contribution is 5.81. The molecule has 0 spiro atoms. The van der Waals surface area contributed by atoms with E-state index in [-0.39, 0.29) is 51.4 Å². The van der Waals surface area contributed by atoms with E-state index in [0.717, 1.165) is 64.3 Å². The molecule has 0 bridgehead atoms. The van der Waals surface area contributed by atoms with Crippen LogP contribution in [0.15, 0.2) is 12.2 Å². The summed E-state index contributed by atoms with van der Waals surface area (Å²) in [6.07, 6.45) is 14.9. The predicted octanol–water partition coefficient (Wildman–Crippen LogP) is 9.81. The number of likely N-dealkylation sites (tertiary alicyclic amines) is 1. The van der Waals surface area contributed by atoms with E-state index in [1.165, 1.54) is 31.3 Å². The van der Waals surface area contributed by atoms with Crippen molar-refractivity contribution in [2.45, 2.75) is 177 Å². The normalized spacial score (nSPS) is 42.3. The van der Waals surface area contributed by atoms with Crippen LogP contribution >= 0.6 is 0 Å². The lowest BCUT2D eigenvalue weighted by atomic mass is 9.32. The summed E-state index contributed by atoms with van der Waals surface area (Å²) in [7, 11) is 0. The van der Waals surface area contributed by atoms with Crippen LogP contribution in [-0.2, 0) is 23.9 Å². The van der Waals surface area contributed by atoms with Gasteiger partial charge in [-0.05, 0) is 162 Å². The Bertz CT molecular complexity index is 1460. The number of nitrogens with zero attached hydrogens (tertiary/aromatic N) is 1. The summed E-state index contributed by atoms with van der Waals surface area (Å²) in [5, 5.41) is 9.62. The van der Waals surface area contributed by atoms with Gasteiger partial charge >= 0.3 is 11.9 Å². The first-order valence-corrected chi connectivity index (χ1v) is 21.0. The first-order valence-electron chi connectivity index (χ1n) is 21.0. The molecule has 0 radical (unpaired) electrons. The molecule has 0 aromatic carbocycles. The Labute approximate surface area is 314 Å². The minimum absolute atomic E-state index is 0.0298. The minimum atomic E-state index is -1.15. The van der Waals surface area contributed by atoms with Crippen LogP contribution in [0.1, 0.15) is 165 Å². The highest BCUT2D eigenvalue weighted by Crippen LogP contribution is 2.78. The zero-order valence-corrected chi connectivity index (χ0v) is 34.2. The van der Waals surface area contributed by atoms with Crippen molar-refractivity contribution in [3.05, 3.63) is 12.2 Å². The molecule has 6 aliphatic rings. The number of carboxylic acids is 1. The van der Waals surface area contributed by atoms with E-state index >= 15 is 0 Å². The Balaban J connectivity index is 1.24. The molecule has 5 saturated carbocycles. The van der Waals surface area contributed by atoms with E-state index in [2.05, 4.69) is 53.0 Å². The molecule has 1 heterocycles. The molecule has 0 unspecified atom stereocenters. The first kappa shape index (κ1) is 39.5. The van der Waals surface area contributed by atoms with E-state index in [1.807, 2.05) is 0 Å². The fourth-order valence-corrected chi connectivity index (χ4v) is 14.6. The second-order valence-electron chi connectivity index (χ2n) is 21.1. The number of allylic oxidation sites excluding steroid dienone is 1. The Morgan fingerprint density at radius 1 is 0.846 bits per heavy atom. The molecule has 0 aromatic heterocycles. The molecular formula is C45H71NO6. The Hall–Kier alpha value is -2.18. The maximum absolute atomic E-state index is 14.3. The molecule has 6 rings (SSSR count). The van der Waals surface area contributed by atoms with Gasteiger partial charge in [-0.25, -0.2) is 0 Å². The third-order valence-electron chi connectivity index (χ3n) is 17.6. The number of rotatable bonds is 10. The van der Waals surface area contributed by atoms with Gasteiger partial charge in [0.1, 0.15) is 11.9 Å². The second kappa shape index (κ2) is 13.5. The number of aliphatic carboxylic acids is 1. The number of hydrogen-bond acceptors (Lipinski definition) is 5. The third kappa shape index (κ3) is 6.22. The average molecular weight is 722 g/mol. The maximum atomic E-state index is 14.3. The molecule has 7 nitrogen and oxygen atoms in total. The zero-order valence-electron chi connectivity index (χ0n) is 34.2. The Morgan fingerprint density at radius 3 is 2.21 bits per heavy atom. The van der Waals surface area contributed by atoms with Gasteiger partial charge in [0.2, 0.25) is 5.91 Å². The second-order valence-corrected chi connectivity index (χ2v) is 21.1. The van der Waals surface area contributed by atoms with Crippen molar-refractivity contribution in [2.75, 3.05) is 6.54 Å². The lowest BCUT2D eigenvalue weighted by Crippen LogP contribution is -2.67. The van der Waals surface area contributed by atoms with E-state index in [0.29, 0.717) is 48.3 Å². The SMILES string of the molecule is C=C(C)[C@@H]1CC[C@]2(CC(=O)N3CCC[C@H]3CCC(C)=O)CC[C@]3(C)[C@H](CC[C@@H]4[C@@]5(C)CC[C@H](OC(=O)CC(C)(C)C(=O)O)C(C)(C)[C@@H]5CC[C@]43C)[C@@H]12. The number of ether oxygens (including phenoxy) is 1. The summed E-state index contributed by atoms with van der Waals surface area (Å²) in [6, 6.07) is 0.211. The number of carbonyl (C=O) groups excluding carboxylic acids is 3. The van der Waals surface area contributed by atoms with Gasteiger partial charge in [-0.1, -0.05) is 46.8 Å². The summed E-state index contributed by atoms with van der Waals surface area (Å²) in [6.45, 7) is 25.0. The third-order valence-corrected chi connectivity index (χ3v) is 17.6. The number of fused-ring (bicyclic) bond motifs is 7. The summed E-state index contributed by atoms with van der Waals surface area (Å²) in [5.41, 5.74) is 0.461. The molecule has 292 valence electrons. The summed E-state index contributed by atoms with van der Waals surface area (Å²) in [5.74, 6) is 1.69. The molecule has 1 saturated heterocycles. The van der Waals surface area contributed by atoms with Crippen molar-refractivity contribution in [3.63, 3.8) is 0 Å². The fourth-order valence-electron chi connectivity index (χ4n) is 14.6. The number of carboxylic acid groups (broad SMARTS) is 1. The Kier molecular flexibility index (Phi) is 10.3. The molecule has 5 aliphatic carbocycles. The summed E-state index contributed by atoms with van der Waals surface area (Å²) >= 11 is 0. The maximum Gasteiger partial charge on any atom is 0.309 e. The van der Waals surface area contributed by atoms with Gasteiger partial charge in [0.25, 0.3) is 0 Å². The van der Waals surface area contributed by atoms with Gasteiger partial charge in [0.15, 0.2) is 0 Å². The number of hydrogen-bond donors (Lipinski definition) is 1. The van der Waals surface area contributed by atoms with Crippen molar-refractivity contribution < 1.29 is 29.0 Å². The molecule has 1 amide bonds. The number of amides is 1. The molecule has 1 N–H and O–H groups in total.